The molecule has 0 saturated heterocycles. The van der Waals surface area contributed by atoms with Gasteiger partial charge in [-0.3, -0.25) is 4.79 Å². The van der Waals surface area contributed by atoms with E-state index in [4.69, 9.17) is 0 Å². The van der Waals surface area contributed by atoms with Crippen LogP contribution in [0.5, 0.6) is 0 Å². The van der Waals surface area contributed by atoms with Gasteiger partial charge in [-0.05, 0) is 130 Å². The minimum atomic E-state index is 0.731. The average Bonchev–Trinajstić information content (AvgIpc) is 3.87. The maximum atomic E-state index is 11.6. The molecule has 0 saturated carbocycles. The highest BCUT2D eigenvalue weighted by molar-refractivity contribution is 7.24. The van der Waals surface area contributed by atoms with Gasteiger partial charge in [0.1, 0.15) is 0 Å². The van der Waals surface area contributed by atoms with E-state index in [0.29, 0.717) is 0 Å². The van der Waals surface area contributed by atoms with Crippen LogP contribution in [0.4, 0.5) is 34.1 Å². The average molecular weight is 737 g/mol. The van der Waals surface area contributed by atoms with Crippen molar-refractivity contribution >= 4 is 63.1 Å². The van der Waals surface area contributed by atoms with Gasteiger partial charge in [-0.15, -0.1) is 22.7 Å². The Balaban J connectivity index is 1.20. The van der Waals surface area contributed by atoms with Crippen molar-refractivity contribution < 1.29 is 4.79 Å². The third-order valence-corrected chi connectivity index (χ3v) is 12.1. The summed E-state index contributed by atoms with van der Waals surface area (Å²) in [7, 11) is 0. The third kappa shape index (κ3) is 7.29. The zero-order valence-corrected chi connectivity index (χ0v) is 32.4. The number of aldehydes is 1. The van der Waals surface area contributed by atoms with Crippen LogP contribution in [0.15, 0.2) is 164 Å². The van der Waals surface area contributed by atoms with E-state index in [0.717, 1.165) is 66.2 Å². The largest absolute Gasteiger partial charge is 0.311 e. The molecule has 8 aromatic rings. The molecule has 0 unspecified atom stereocenters. The highest BCUT2D eigenvalue weighted by atomic mass is 32.1. The van der Waals surface area contributed by atoms with Crippen molar-refractivity contribution in [3.05, 3.63) is 191 Å². The number of rotatable bonds is 10. The van der Waals surface area contributed by atoms with Crippen LogP contribution in [0.25, 0.3) is 31.3 Å². The predicted molar refractivity (Wildman–Crippen MR) is 232 cm³/mol. The number of anilines is 6. The van der Waals surface area contributed by atoms with Crippen LogP contribution < -0.4 is 9.80 Å². The lowest BCUT2D eigenvalue weighted by Crippen LogP contribution is -2.09. The lowest BCUT2D eigenvalue weighted by Gasteiger charge is -2.26. The van der Waals surface area contributed by atoms with Crippen molar-refractivity contribution in [2.75, 3.05) is 9.80 Å². The molecule has 0 amide bonds. The number of benzene rings is 6. The molecular formula is C49H40N2OS2. The van der Waals surface area contributed by atoms with E-state index in [9.17, 15) is 4.79 Å². The van der Waals surface area contributed by atoms with Crippen LogP contribution in [0, 0.1) is 27.7 Å². The van der Waals surface area contributed by atoms with Crippen LogP contribution in [0.1, 0.15) is 31.9 Å². The maximum Gasteiger partial charge on any atom is 0.160 e. The van der Waals surface area contributed by atoms with Gasteiger partial charge in [0.25, 0.3) is 0 Å². The molecule has 0 aliphatic carbocycles. The molecule has 0 aliphatic heterocycles. The minimum absolute atomic E-state index is 0.731. The van der Waals surface area contributed by atoms with Crippen LogP contribution in [0.3, 0.4) is 0 Å². The van der Waals surface area contributed by atoms with E-state index in [2.05, 4.69) is 195 Å². The molecule has 0 spiro atoms. The molecule has 8 rings (SSSR count). The first kappa shape index (κ1) is 35.0. The van der Waals surface area contributed by atoms with Crippen LogP contribution in [-0.2, 0) is 0 Å². The highest BCUT2D eigenvalue weighted by Crippen LogP contribution is 2.46. The summed E-state index contributed by atoms with van der Waals surface area (Å²) in [5.74, 6) is 0. The summed E-state index contributed by atoms with van der Waals surface area (Å²) in [4.78, 5) is 20.4. The number of hydrogen-bond donors (Lipinski definition) is 0. The Labute approximate surface area is 326 Å². The van der Waals surface area contributed by atoms with Gasteiger partial charge in [0.15, 0.2) is 6.29 Å². The van der Waals surface area contributed by atoms with E-state index in [1.165, 1.54) is 44.0 Å². The monoisotopic (exact) mass is 736 g/mol. The van der Waals surface area contributed by atoms with E-state index in [-0.39, 0.29) is 0 Å². The number of nitrogens with zero attached hydrogens (tertiary/aromatic N) is 2. The van der Waals surface area contributed by atoms with E-state index < -0.39 is 0 Å². The van der Waals surface area contributed by atoms with Gasteiger partial charge in [0.2, 0.25) is 0 Å². The van der Waals surface area contributed by atoms with Crippen LogP contribution >= 0.6 is 22.7 Å². The summed E-state index contributed by atoms with van der Waals surface area (Å²) in [6, 6.07) is 58.8. The Kier molecular flexibility index (Phi) is 9.83. The van der Waals surface area contributed by atoms with Crippen molar-refractivity contribution in [2.45, 2.75) is 27.7 Å². The van der Waals surface area contributed by atoms with Gasteiger partial charge in [-0.25, -0.2) is 0 Å². The van der Waals surface area contributed by atoms with E-state index in [1.54, 1.807) is 11.3 Å². The Morgan fingerprint density at radius 1 is 0.389 bits per heavy atom. The molecule has 54 heavy (non-hydrogen) atoms. The molecule has 0 bridgehead atoms. The number of aryl methyl sites for hydroxylation is 4. The lowest BCUT2D eigenvalue weighted by molar-refractivity contribution is 0.112. The fourth-order valence-electron chi connectivity index (χ4n) is 6.71. The summed E-state index contributed by atoms with van der Waals surface area (Å²) >= 11 is 3.31. The first-order valence-electron chi connectivity index (χ1n) is 18.1. The highest BCUT2D eigenvalue weighted by Gasteiger charge is 2.19. The Morgan fingerprint density at radius 2 is 0.741 bits per heavy atom. The van der Waals surface area contributed by atoms with E-state index in [1.807, 2.05) is 6.07 Å². The van der Waals surface area contributed by atoms with Gasteiger partial charge in [-0.1, -0.05) is 95.1 Å². The second-order valence-corrected chi connectivity index (χ2v) is 15.9. The van der Waals surface area contributed by atoms with Crippen molar-refractivity contribution in [2.24, 2.45) is 0 Å². The number of thiophene rings is 2. The summed E-state index contributed by atoms with van der Waals surface area (Å²) in [6.45, 7) is 8.48. The number of carbonyl (C=O) groups excluding carboxylic acids is 1. The fraction of sp³-hybridized carbons (Fsp3) is 0.0816. The first-order chi connectivity index (χ1) is 26.3. The molecule has 6 aromatic carbocycles. The fourth-order valence-corrected chi connectivity index (χ4v) is 8.80. The normalized spacial score (nSPS) is 11.0. The molecule has 0 fully saturated rings. The van der Waals surface area contributed by atoms with Crippen molar-refractivity contribution in [1.29, 1.82) is 0 Å². The van der Waals surface area contributed by atoms with Crippen LogP contribution in [-0.4, -0.2) is 6.29 Å². The number of carbonyl (C=O) groups is 1. The van der Waals surface area contributed by atoms with Gasteiger partial charge in [-0.2, -0.15) is 0 Å². The topological polar surface area (TPSA) is 23.6 Å². The second kappa shape index (κ2) is 15.2. The minimum Gasteiger partial charge on any atom is -0.311 e. The zero-order valence-electron chi connectivity index (χ0n) is 30.8. The summed E-state index contributed by atoms with van der Waals surface area (Å²) in [5.41, 5.74) is 15.0. The van der Waals surface area contributed by atoms with Crippen LogP contribution in [0.2, 0.25) is 0 Å². The van der Waals surface area contributed by atoms with Gasteiger partial charge in [0.05, 0.1) is 4.88 Å². The molecular weight excluding hydrogens is 697 g/mol. The zero-order chi connectivity index (χ0) is 37.2. The summed E-state index contributed by atoms with van der Waals surface area (Å²) < 4.78 is 0. The first-order valence-corrected chi connectivity index (χ1v) is 19.7. The Morgan fingerprint density at radius 3 is 1.09 bits per heavy atom. The van der Waals surface area contributed by atoms with Gasteiger partial charge in [0, 0.05) is 54.3 Å². The number of hydrogen-bond acceptors (Lipinski definition) is 5. The SMILES string of the molecule is Cc1ccc(N(c2ccc(C)cc2)c2ccc(-c3cc(-c4ccc(C=O)s4)sc3-c3ccc(N(c4ccc(C)cc4)c4ccc(C)cc4)cc3)cc2)cc1. The molecule has 5 heteroatoms. The summed E-state index contributed by atoms with van der Waals surface area (Å²) in [6.07, 6.45) is 0.933. The second-order valence-electron chi connectivity index (χ2n) is 13.8. The maximum absolute atomic E-state index is 11.6. The molecule has 264 valence electrons. The predicted octanol–water partition coefficient (Wildman–Crippen LogP) is 14.8. The smallest absolute Gasteiger partial charge is 0.160 e. The lowest BCUT2D eigenvalue weighted by atomic mass is 10.0. The standard InChI is InChI=1S/C49H40N2OS2/c1-33-5-17-39(18-6-33)50(40-19-7-34(2)8-20-40)43-25-13-37(14-26-43)46-31-48(47-30-29-45(32-52)53-47)54-49(46)38-15-27-44(28-16-38)51(41-21-9-35(3)10-22-41)42-23-11-36(4)12-24-42/h5-32H,1-4H3. The van der Waals surface area contributed by atoms with Crippen molar-refractivity contribution in [1.82, 2.24) is 0 Å². The molecule has 2 heterocycles. The third-order valence-electron chi connectivity index (χ3n) is 9.71. The molecule has 3 nitrogen and oxygen atoms in total. The van der Waals surface area contributed by atoms with Crippen molar-refractivity contribution in [3.8, 4) is 31.3 Å². The molecule has 2 aromatic heterocycles. The van der Waals surface area contributed by atoms with Gasteiger partial charge >= 0.3 is 0 Å². The quantitative estimate of drug-likeness (QED) is 0.131. The van der Waals surface area contributed by atoms with Crippen molar-refractivity contribution in [3.63, 3.8) is 0 Å². The van der Waals surface area contributed by atoms with E-state index >= 15 is 0 Å². The molecule has 0 N–H and O–H groups in total. The molecule has 0 atom stereocenters. The van der Waals surface area contributed by atoms with Gasteiger partial charge < -0.3 is 9.80 Å². The summed E-state index contributed by atoms with van der Waals surface area (Å²) in [5, 5.41) is 0. The Hall–Kier alpha value is -6.01. The Bertz CT molecular complexity index is 2260. The molecule has 0 radical (unpaired) electrons. The molecule has 0 aliphatic rings.